The van der Waals surface area contributed by atoms with Crippen molar-refractivity contribution in [1.29, 1.82) is 0 Å². The maximum atomic E-state index is 12.2. The quantitative estimate of drug-likeness (QED) is 0.870. The van der Waals surface area contributed by atoms with Crippen molar-refractivity contribution < 1.29 is 9.90 Å². The average Bonchev–Trinajstić information content (AvgIpc) is 3.17. The van der Waals surface area contributed by atoms with E-state index in [2.05, 4.69) is 20.4 Å². The molecule has 3 rings (SSSR count). The number of hydrogen-bond donors (Lipinski definition) is 2. The van der Waals surface area contributed by atoms with E-state index in [1.54, 1.807) is 0 Å². The summed E-state index contributed by atoms with van der Waals surface area (Å²) in [6, 6.07) is 9.41. The number of likely N-dealkylation sites (tertiary alicyclic amines) is 1. The van der Waals surface area contributed by atoms with Gasteiger partial charge in [-0.25, -0.2) is 0 Å². The van der Waals surface area contributed by atoms with Crippen LogP contribution in [0.15, 0.2) is 30.3 Å². The van der Waals surface area contributed by atoms with Crippen molar-refractivity contribution in [3.63, 3.8) is 0 Å². The number of benzene rings is 1. The third kappa shape index (κ3) is 3.98. The van der Waals surface area contributed by atoms with Gasteiger partial charge in [0.2, 0.25) is 5.01 Å². The molecule has 0 aliphatic carbocycles. The van der Waals surface area contributed by atoms with Crippen LogP contribution in [-0.2, 0) is 6.54 Å². The van der Waals surface area contributed by atoms with Crippen molar-refractivity contribution in [3.05, 3.63) is 40.3 Å². The molecule has 0 saturated carbocycles. The zero-order valence-electron chi connectivity index (χ0n) is 13.9. The number of anilines is 1. The summed E-state index contributed by atoms with van der Waals surface area (Å²) in [6.45, 7) is 5.23. The lowest BCUT2D eigenvalue weighted by atomic mass is 9.97. The third-order valence-corrected chi connectivity index (χ3v) is 5.12. The number of amides is 1. The Morgan fingerprint density at radius 3 is 2.83 bits per heavy atom. The van der Waals surface area contributed by atoms with E-state index in [0.29, 0.717) is 11.6 Å². The number of nitrogens with zero attached hydrogens (tertiary/aromatic N) is 3. The molecular weight excluding hydrogens is 324 g/mol. The van der Waals surface area contributed by atoms with E-state index in [1.165, 1.54) is 11.3 Å². The summed E-state index contributed by atoms with van der Waals surface area (Å²) in [5, 5.41) is 22.4. The number of carbonyl (C=O) groups excluding carboxylic acids is 1. The predicted molar refractivity (Wildman–Crippen MR) is 94.0 cm³/mol. The van der Waals surface area contributed by atoms with E-state index >= 15 is 0 Å². The fraction of sp³-hybridized carbons (Fsp3) is 0.471. The third-order valence-electron chi connectivity index (χ3n) is 4.21. The number of aliphatic hydroxyl groups is 1. The molecule has 1 fully saturated rings. The zero-order valence-corrected chi connectivity index (χ0v) is 14.7. The Morgan fingerprint density at radius 1 is 1.38 bits per heavy atom. The molecule has 24 heavy (non-hydrogen) atoms. The molecule has 1 atom stereocenters. The first kappa shape index (κ1) is 17.0. The lowest BCUT2D eigenvalue weighted by Crippen LogP contribution is -2.45. The molecule has 1 unspecified atom stereocenters. The predicted octanol–water partition coefficient (Wildman–Crippen LogP) is 2.53. The summed E-state index contributed by atoms with van der Waals surface area (Å²) in [4.78, 5) is 14.5. The van der Waals surface area contributed by atoms with E-state index in [9.17, 15) is 9.90 Å². The topological polar surface area (TPSA) is 78.3 Å². The van der Waals surface area contributed by atoms with E-state index in [-0.39, 0.29) is 11.9 Å². The lowest BCUT2D eigenvalue weighted by molar-refractivity contribution is -0.00508. The maximum Gasteiger partial charge on any atom is 0.286 e. The summed E-state index contributed by atoms with van der Waals surface area (Å²) in [5.41, 5.74) is -0.00443. The summed E-state index contributed by atoms with van der Waals surface area (Å²) < 4.78 is 0. The van der Waals surface area contributed by atoms with Gasteiger partial charge in [0.05, 0.1) is 12.1 Å². The van der Waals surface area contributed by atoms with Gasteiger partial charge in [-0.1, -0.05) is 29.5 Å². The van der Waals surface area contributed by atoms with Crippen LogP contribution in [-0.4, -0.2) is 44.3 Å². The molecule has 2 N–H and O–H groups in total. The standard InChI is InChI=1S/C17H22N4O2S/c1-17(2,23)13-9-6-10-21(13)11-14-19-20-16(24-14)15(22)18-12-7-4-3-5-8-12/h3-5,7-8,13,23H,6,9-11H2,1-2H3,(H,18,22). The molecule has 0 bridgehead atoms. The lowest BCUT2D eigenvalue weighted by Gasteiger charge is -2.33. The van der Waals surface area contributed by atoms with Crippen LogP contribution in [0.3, 0.4) is 0 Å². The normalized spacial score (nSPS) is 18.7. The van der Waals surface area contributed by atoms with Gasteiger partial charge in [0.1, 0.15) is 5.01 Å². The molecule has 1 aromatic heterocycles. The second-order valence-electron chi connectivity index (χ2n) is 6.60. The first-order valence-corrected chi connectivity index (χ1v) is 8.90. The maximum absolute atomic E-state index is 12.2. The molecule has 6 nitrogen and oxygen atoms in total. The van der Waals surface area contributed by atoms with Gasteiger partial charge in [-0.3, -0.25) is 9.69 Å². The van der Waals surface area contributed by atoms with Gasteiger partial charge in [-0.2, -0.15) is 0 Å². The van der Waals surface area contributed by atoms with Crippen LogP contribution >= 0.6 is 11.3 Å². The Morgan fingerprint density at radius 2 is 2.12 bits per heavy atom. The van der Waals surface area contributed by atoms with Gasteiger partial charge >= 0.3 is 0 Å². The van der Waals surface area contributed by atoms with Gasteiger partial charge in [-0.05, 0) is 45.4 Å². The smallest absolute Gasteiger partial charge is 0.286 e. The summed E-state index contributed by atoms with van der Waals surface area (Å²) in [6.07, 6.45) is 2.04. The van der Waals surface area contributed by atoms with Crippen LogP contribution in [0.25, 0.3) is 0 Å². The van der Waals surface area contributed by atoms with Crippen molar-refractivity contribution in [2.24, 2.45) is 0 Å². The van der Waals surface area contributed by atoms with E-state index < -0.39 is 5.60 Å². The Labute approximate surface area is 145 Å². The van der Waals surface area contributed by atoms with Crippen LogP contribution in [0.5, 0.6) is 0 Å². The summed E-state index contributed by atoms with van der Waals surface area (Å²) in [7, 11) is 0. The second kappa shape index (κ2) is 6.96. The molecule has 0 spiro atoms. The van der Waals surface area contributed by atoms with Gasteiger partial charge < -0.3 is 10.4 Å². The van der Waals surface area contributed by atoms with Crippen molar-refractivity contribution in [2.45, 2.75) is 44.9 Å². The minimum atomic E-state index is -0.741. The molecular formula is C17H22N4O2S. The number of para-hydroxylation sites is 1. The second-order valence-corrected chi connectivity index (χ2v) is 7.67. The Bertz CT molecular complexity index is 696. The molecule has 2 aromatic rings. The van der Waals surface area contributed by atoms with Crippen molar-refractivity contribution in [2.75, 3.05) is 11.9 Å². The number of rotatable bonds is 5. The van der Waals surface area contributed by atoms with E-state index in [4.69, 9.17) is 0 Å². The van der Waals surface area contributed by atoms with Gasteiger partial charge in [-0.15, -0.1) is 10.2 Å². The molecule has 7 heteroatoms. The fourth-order valence-corrected chi connectivity index (χ4v) is 3.87. The molecule has 1 amide bonds. The van der Waals surface area contributed by atoms with Crippen molar-refractivity contribution in [1.82, 2.24) is 15.1 Å². The van der Waals surface area contributed by atoms with Gasteiger partial charge in [0, 0.05) is 11.7 Å². The number of carbonyl (C=O) groups is 1. The Balaban J connectivity index is 1.64. The van der Waals surface area contributed by atoms with Gasteiger partial charge in [0.25, 0.3) is 5.91 Å². The van der Waals surface area contributed by atoms with Crippen LogP contribution in [0.2, 0.25) is 0 Å². The van der Waals surface area contributed by atoms with E-state index in [0.717, 1.165) is 30.1 Å². The van der Waals surface area contributed by atoms with Crippen LogP contribution in [0, 0.1) is 0 Å². The number of hydrogen-bond acceptors (Lipinski definition) is 6. The molecule has 1 aromatic carbocycles. The SMILES string of the molecule is CC(C)(O)C1CCCN1Cc1nnc(C(=O)Nc2ccccc2)s1. The van der Waals surface area contributed by atoms with Gasteiger partial charge in [0.15, 0.2) is 0 Å². The molecule has 1 aliphatic rings. The molecule has 1 saturated heterocycles. The monoisotopic (exact) mass is 346 g/mol. The first-order chi connectivity index (χ1) is 11.4. The van der Waals surface area contributed by atoms with Crippen molar-refractivity contribution >= 4 is 22.9 Å². The molecule has 128 valence electrons. The largest absolute Gasteiger partial charge is 0.389 e. The molecule has 2 heterocycles. The average molecular weight is 346 g/mol. The highest BCUT2D eigenvalue weighted by Gasteiger charge is 2.36. The van der Waals surface area contributed by atoms with Crippen LogP contribution in [0.1, 0.15) is 41.5 Å². The van der Waals surface area contributed by atoms with Crippen LogP contribution in [0.4, 0.5) is 5.69 Å². The summed E-state index contributed by atoms with van der Waals surface area (Å²) in [5.74, 6) is -0.245. The fourth-order valence-electron chi connectivity index (χ4n) is 3.10. The van der Waals surface area contributed by atoms with Crippen LogP contribution < -0.4 is 5.32 Å². The molecule has 1 aliphatic heterocycles. The first-order valence-electron chi connectivity index (χ1n) is 8.09. The highest BCUT2D eigenvalue weighted by atomic mass is 32.1. The molecule has 0 radical (unpaired) electrons. The minimum absolute atomic E-state index is 0.114. The highest BCUT2D eigenvalue weighted by molar-refractivity contribution is 7.13. The Hall–Kier alpha value is -1.83. The Kier molecular flexibility index (Phi) is 4.93. The van der Waals surface area contributed by atoms with E-state index in [1.807, 2.05) is 44.2 Å². The summed E-state index contributed by atoms with van der Waals surface area (Å²) >= 11 is 1.30. The number of aromatic nitrogens is 2. The van der Waals surface area contributed by atoms with Crippen molar-refractivity contribution in [3.8, 4) is 0 Å². The number of nitrogens with one attached hydrogen (secondary N) is 1. The minimum Gasteiger partial charge on any atom is -0.389 e. The zero-order chi connectivity index (χ0) is 17.2. The highest BCUT2D eigenvalue weighted by Crippen LogP contribution is 2.28.